The number of aromatic nitrogens is 1. The maximum absolute atomic E-state index is 11.6. The highest BCUT2D eigenvalue weighted by molar-refractivity contribution is 7.15. The first-order valence-electron chi connectivity index (χ1n) is 6.22. The number of carbonyl (C=O) groups excluding carboxylic acids is 1. The average molecular weight is 329 g/mol. The van der Waals surface area contributed by atoms with Gasteiger partial charge in [0.25, 0.3) is 0 Å². The summed E-state index contributed by atoms with van der Waals surface area (Å²) in [6.45, 7) is 0. The fourth-order valence-corrected chi connectivity index (χ4v) is 2.91. The number of thiazole rings is 1. The Morgan fingerprint density at radius 3 is 3.00 bits per heavy atom. The van der Waals surface area contributed by atoms with E-state index in [0.717, 1.165) is 21.9 Å². The zero-order chi connectivity index (χ0) is 14.4. The number of amides is 1. The van der Waals surface area contributed by atoms with Gasteiger partial charge < -0.3 is 5.32 Å². The molecule has 0 fully saturated rings. The summed E-state index contributed by atoms with van der Waals surface area (Å²) in [5.41, 5.74) is 1.13. The number of alkyl halides is 1. The molecule has 6 heteroatoms. The Morgan fingerprint density at radius 2 is 2.25 bits per heavy atom. The first-order chi connectivity index (χ1) is 9.67. The number of benzene rings is 1. The molecular formula is C14H14Cl2N2OS. The van der Waals surface area contributed by atoms with E-state index in [0.29, 0.717) is 23.9 Å². The van der Waals surface area contributed by atoms with Crippen molar-refractivity contribution in [2.24, 2.45) is 0 Å². The highest BCUT2D eigenvalue weighted by Crippen LogP contribution is 2.22. The van der Waals surface area contributed by atoms with Crippen molar-refractivity contribution in [2.45, 2.75) is 19.3 Å². The summed E-state index contributed by atoms with van der Waals surface area (Å²) >= 11 is 13.0. The van der Waals surface area contributed by atoms with Crippen LogP contribution in [0.15, 0.2) is 30.5 Å². The Bertz CT molecular complexity index is 586. The van der Waals surface area contributed by atoms with Crippen molar-refractivity contribution in [1.29, 1.82) is 0 Å². The Balaban J connectivity index is 1.93. The molecule has 0 bridgehead atoms. The largest absolute Gasteiger partial charge is 0.302 e. The molecule has 0 aliphatic rings. The maximum atomic E-state index is 11.6. The van der Waals surface area contributed by atoms with E-state index >= 15 is 0 Å². The van der Waals surface area contributed by atoms with Gasteiger partial charge in [0.2, 0.25) is 5.91 Å². The van der Waals surface area contributed by atoms with Gasteiger partial charge in [-0.1, -0.05) is 23.7 Å². The summed E-state index contributed by atoms with van der Waals surface area (Å²) in [5, 5.41) is 4.13. The number of carbonyl (C=O) groups is 1. The lowest BCUT2D eigenvalue weighted by Crippen LogP contribution is -2.10. The van der Waals surface area contributed by atoms with Crippen LogP contribution in [0.1, 0.15) is 23.3 Å². The smallest absolute Gasteiger partial charge is 0.226 e. The van der Waals surface area contributed by atoms with Crippen LogP contribution in [-0.2, 0) is 11.2 Å². The average Bonchev–Trinajstić information content (AvgIpc) is 2.83. The minimum atomic E-state index is -0.0469. The molecule has 1 aromatic carbocycles. The molecule has 0 spiro atoms. The van der Waals surface area contributed by atoms with Gasteiger partial charge in [0, 0.05) is 34.8 Å². The van der Waals surface area contributed by atoms with E-state index in [1.807, 2.05) is 24.3 Å². The summed E-state index contributed by atoms with van der Waals surface area (Å²) in [6, 6.07) is 7.72. The van der Waals surface area contributed by atoms with Gasteiger partial charge in [0.1, 0.15) is 0 Å². The quantitative estimate of drug-likeness (QED) is 0.801. The molecule has 2 rings (SSSR count). The van der Waals surface area contributed by atoms with Gasteiger partial charge in [0.05, 0.1) is 0 Å². The van der Waals surface area contributed by atoms with Crippen LogP contribution < -0.4 is 5.32 Å². The van der Waals surface area contributed by atoms with E-state index in [4.69, 9.17) is 23.2 Å². The molecule has 1 N–H and O–H groups in total. The van der Waals surface area contributed by atoms with Crippen LogP contribution in [0.3, 0.4) is 0 Å². The maximum Gasteiger partial charge on any atom is 0.226 e. The van der Waals surface area contributed by atoms with Gasteiger partial charge in [-0.3, -0.25) is 4.79 Å². The van der Waals surface area contributed by atoms with Crippen LogP contribution in [-0.4, -0.2) is 16.8 Å². The second-order valence-corrected chi connectivity index (χ2v) is 6.21. The molecule has 3 nitrogen and oxygen atoms in total. The normalized spacial score (nSPS) is 10.5. The zero-order valence-electron chi connectivity index (χ0n) is 10.7. The van der Waals surface area contributed by atoms with Crippen molar-refractivity contribution in [2.75, 3.05) is 11.2 Å². The summed E-state index contributed by atoms with van der Waals surface area (Å²) in [4.78, 5) is 16.8. The highest BCUT2D eigenvalue weighted by atomic mass is 35.5. The van der Waals surface area contributed by atoms with Gasteiger partial charge in [-0.05, 0) is 24.1 Å². The second kappa shape index (κ2) is 7.62. The number of hydrogen-bond acceptors (Lipinski definition) is 3. The van der Waals surface area contributed by atoms with Gasteiger partial charge in [-0.15, -0.1) is 22.9 Å². The van der Waals surface area contributed by atoms with Crippen molar-refractivity contribution >= 4 is 45.6 Å². The third kappa shape index (κ3) is 4.78. The van der Waals surface area contributed by atoms with E-state index in [1.54, 1.807) is 6.20 Å². The van der Waals surface area contributed by atoms with Crippen molar-refractivity contribution in [3.63, 3.8) is 0 Å². The van der Waals surface area contributed by atoms with Crippen molar-refractivity contribution < 1.29 is 4.79 Å². The van der Waals surface area contributed by atoms with Crippen LogP contribution in [0.25, 0.3) is 0 Å². The van der Waals surface area contributed by atoms with Gasteiger partial charge in [-0.2, -0.15) is 0 Å². The van der Waals surface area contributed by atoms with E-state index < -0.39 is 0 Å². The third-order valence-electron chi connectivity index (χ3n) is 2.60. The van der Waals surface area contributed by atoms with Crippen LogP contribution in [0.4, 0.5) is 5.13 Å². The number of nitrogens with one attached hydrogen (secondary N) is 1. The van der Waals surface area contributed by atoms with E-state index in [9.17, 15) is 4.79 Å². The predicted octanol–water partition coefficient (Wildman–Crippen LogP) is 4.34. The third-order valence-corrected chi connectivity index (χ3v) is 4.02. The SMILES string of the molecule is O=C(CCCCl)Nc1ncc(Cc2cccc(Cl)c2)s1. The van der Waals surface area contributed by atoms with E-state index in [2.05, 4.69) is 10.3 Å². The minimum Gasteiger partial charge on any atom is -0.302 e. The first kappa shape index (κ1) is 15.3. The van der Waals surface area contributed by atoms with Gasteiger partial charge >= 0.3 is 0 Å². The highest BCUT2D eigenvalue weighted by Gasteiger charge is 2.07. The summed E-state index contributed by atoms with van der Waals surface area (Å²) < 4.78 is 0. The molecule has 0 atom stereocenters. The molecule has 0 saturated heterocycles. The predicted molar refractivity (Wildman–Crippen MR) is 85.0 cm³/mol. The van der Waals surface area contributed by atoms with Gasteiger partial charge in [-0.25, -0.2) is 4.98 Å². The Kier molecular flexibility index (Phi) is 5.83. The fraction of sp³-hybridized carbons (Fsp3) is 0.286. The molecule has 20 heavy (non-hydrogen) atoms. The molecule has 1 amide bonds. The van der Waals surface area contributed by atoms with Crippen LogP contribution in [0.2, 0.25) is 5.02 Å². The molecule has 0 aliphatic carbocycles. The lowest BCUT2D eigenvalue weighted by atomic mass is 10.1. The van der Waals surface area contributed by atoms with Crippen molar-refractivity contribution in [1.82, 2.24) is 4.98 Å². The number of nitrogens with zero attached hydrogens (tertiary/aromatic N) is 1. The Morgan fingerprint density at radius 1 is 1.40 bits per heavy atom. The first-order valence-corrected chi connectivity index (χ1v) is 7.95. The van der Waals surface area contributed by atoms with Crippen LogP contribution in [0, 0.1) is 0 Å². The summed E-state index contributed by atoms with van der Waals surface area (Å²) in [7, 11) is 0. The molecule has 0 radical (unpaired) electrons. The molecule has 0 unspecified atom stereocenters. The van der Waals surface area contributed by atoms with E-state index in [1.165, 1.54) is 11.3 Å². The fourth-order valence-electron chi connectivity index (χ4n) is 1.70. The zero-order valence-corrected chi connectivity index (χ0v) is 13.1. The van der Waals surface area contributed by atoms with E-state index in [-0.39, 0.29) is 5.91 Å². The summed E-state index contributed by atoms with van der Waals surface area (Å²) in [6.07, 6.45) is 3.64. The summed E-state index contributed by atoms with van der Waals surface area (Å²) in [5.74, 6) is 0.444. The molecule has 0 saturated carbocycles. The number of halogens is 2. The lowest BCUT2D eigenvalue weighted by molar-refractivity contribution is -0.116. The molecule has 2 aromatic rings. The lowest BCUT2D eigenvalue weighted by Gasteiger charge is -2.00. The molecule has 0 aliphatic heterocycles. The van der Waals surface area contributed by atoms with Crippen LogP contribution >= 0.6 is 34.5 Å². The Hall–Kier alpha value is -1.10. The van der Waals surface area contributed by atoms with Crippen LogP contribution in [0.5, 0.6) is 0 Å². The van der Waals surface area contributed by atoms with Gasteiger partial charge in [0.15, 0.2) is 5.13 Å². The standard InChI is InChI=1S/C14H14Cl2N2OS/c15-6-2-5-13(19)18-14-17-9-12(20-14)8-10-3-1-4-11(16)7-10/h1,3-4,7,9H,2,5-6,8H2,(H,17,18,19). The minimum absolute atomic E-state index is 0.0469. The second-order valence-electron chi connectivity index (χ2n) is 4.28. The molecule has 1 aromatic heterocycles. The topological polar surface area (TPSA) is 42.0 Å². The molecular weight excluding hydrogens is 315 g/mol. The van der Waals surface area contributed by atoms with Crippen molar-refractivity contribution in [3.05, 3.63) is 45.9 Å². The monoisotopic (exact) mass is 328 g/mol. The number of hydrogen-bond donors (Lipinski definition) is 1. The molecule has 106 valence electrons. The number of anilines is 1. The Labute approximate surface area is 131 Å². The molecule has 1 heterocycles. The van der Waals surface area contributed by atoms with Crippen molar-refractivity contribution in [3.8, 4) is 0 Å². The number of rotatable bonds is 6.